The van der Waals surface area contributed by atoms with Crippen molar-refractivity contribution in [3.05, 3.63) is 99.3 Å². The third-order valence-corrected chi connectivity index (χ3v) is 5.88. The van der Waals surface area contributed by atoms with Gasteiger partial charge in [0.25, 0.3) is 5.56 Å². The summed E-state index contributed by atoms with van der Waals surface area (Å²) in [5.41, 5.74) is 5.95. The molecular formula is C27H27N3O2. The van der Waals surface area contributed by atoms with E-state index in [9.17, 15) is 9.59 Å². The van der Waals surface area contributed by atoms with Gasteiger partial charge in [-0.1, -0.05) is 66.2 Å². The van der Waals surface area contributed by atoms with Gasteiger partial charge in [-0.05, 0) is 54.5 Å². The van der Waals surface area contributed by atoms with Gasteiger partial charge in [-0.2, -0.15) is 0 Å². The van der Waals surface area contributed by atoms with E-state index < -0.39 is 0 Å². The minimum absolute atomic E-state index is 0.142. The van der Waals surface area contributed by atoms with E-state index in [0.717, 1.165) is 33.2 Å². The summed E-state index contributed by atoms with van der Waals surface area (Å²) in [5.74, 6) is 0.471. The number of benzene rings is 3. The van der Waals surface area contributed by atoms with Crippen molar-refractivity contribution in [2.24, 2.45) is 7.05 Å². The molecule has 5 nitrogen and oxygen atoms in total. The van der Waals surface area contributed by atoms with Crippen molar-refractivity contribution in [1.29, 1.82) is 0 Å². The lowest BCUT2D eigenvalue weighted by molar-refractivity contribution is 0.251. The number of fused-ring (bicyclic) bond motifs is 1. The van der Waals surface area contributed by atoms with Crippen LogP contribution in [-0.2, 0) is 13.6 Å². The van der Waals surface area contributed by atoms with Crippen LogP contribution in [0.5, 0.6) is 0 Å². The smallest absolute Gasteiger partial charge is 0.320 e. The molecule has 4 aromatic rings. The Kier molecular flexibility index (Phi) is 5.82. The van der Waals surface area contributed by atoms with Gasteiger partial charge in [0.1, 0.15) is 5.82 Å². The molecule has 3 aromatic carbocycles. The van der Waals surface area contributed by atoms with Gasteiger partial charge in [-0.25, -0.2) is 4.79 Å². The zero-order valence-corrected chi connectivity index (χ0v) is 18.8. The zero-order valence-electron chi connectivity index (χ0n) is 18.8. The molecule has 0 fully saturated rings. The summed E-state index contributed by atoms with van der Waals surface area (Å²) >= 11 is 0. The highest BCUT2D eigenvalue weighted by molar-refractivity contribution is 6.05. The Bertz CT molecular complexity index is 1350. The fraction of sp³-hybridized carbons (Fsp3) is 0.185. The lowest BCUT2D eigenvalue weighted by Crippen LogP contribution is -2.32. The number of aryl methyl sites for hydroxylation is 3. The summed E-state index contributed by atoms with van der Waals surface area (Å²) < 4.78 is 1.52. The van der Waals surface area contributed by atoms with Crippen molar-refractivity contribution in [2.75, 3.05) is 5.32 Å². The Morgan fingerprint density at radius 2 is 1.50 bits per heavy atom. The number of carbonyl (C=O) groups is 1. The van der Waals surface area contributed by atoms with Crippen LogP contribution in [0.15, 0.2) is 71.5 Å². The Balaban J connectivity index is 1.78. The molecule has 2 N–H and O–H groups in total. The highest BCUT2D eigenvalue weighted by atomic mass is 16.2. The predicted molar refractivity (Wildman–Crippen MR) is 131 cm³/mol. The van der Waals surface area contributed by atoms with Gasteiger partial charge in [0.05, 0.1) is 0 Å². The Hall–Kier alpha value is -3.86. The first-order valence-corrected chi connectivity index (χ1v) is 10.6. The average Bonchev–Trinajstić information content (AvgIpc) is 2.79. The standard InChI is InChI=1S/C27H27N3O2/c1-17-10-12-20(13-11-17)16-28-27(32)29-25-24(21-8-6-5-7-9-21)22-14-18(2)19(3)15-23(22)26(31)30(25)4/h5-15H,16H2,1-4H3,(H2,28,29,32). The molecule has 32 heavy (non-hydrogen) atoms. The number of nitrogens with one attached hydrogen (secondary N) is 2. The summed E-state index contributed by atoms with van der Waals surface area (Å²) in [6, 6.07) is 21.4. The molecule has 0 bridgehead atoms. The minimum Gasteiger partial charge on any atom is -0.334 e. The van der Waals surface area contributed by atoms with E-state index in [1.165, 1.54) is 10.1 Å². The van der Waals surface area contributed by atoms with E-state index in [1.54, 1.807) is 7.05 Å². The summed E-state index contributed by atoms with van der Waals surface area (Å²) in [7, 11) is 1.69. The molecule has 1 aromatic heterocycles. The average molecular weight is 426 g/mol. The van der Waals surface area contributed by atoms with E-state index in [0.29, 0.717) is 17.7 Å². The number of carbonyl (C=O) groups excluding carboxylic acids is 1. The normalized spacial score (nSPS) is 10.9. The fourth-order valence-electron chi connectivity index (χ4n) is 3.86. The van der Waals surface area contributed by atoms with Gasteiger partial charge < -0.3 is 5.32 Å². The van der Waals surface area contributed by atoms with E-state index in [4.69, 9.17) is 0 Å². The second kappa shape index (κ2) is 8.71. The first kappa shape index (κ1) is 21.4. The van der Waals surface area contributed by atoms with Crippen LogP contribution in [-0.4, -0.2) is 10.6 Å². The van der Waals surface area contributed by atoms with Crippen molar-refractivity contribution in [3.8, 4) is 11.1 Å². The van der Waals surface area contributed by atoms with Crippen molar-refractivity contribution < 1.29 is 4.79 Å². The minimum atomic E-state index is -0.360. The van der Waals surface area contributed by atoms with Crippen LogP contribution in [0.4, 0.5) is 10.6 Å². The van der Waals surface area contributed by atoms with Crippen LogP contribution in [0.1, 0.15) is 22.3 Å². The van der Waals surface area contributed by atoms with Gasteiger partial charge in [-0.15, -0.1) is 0 Å². The Labute approximate surface area is 187 Å². The van der Waals surface area contributed by atoms with Crippen LogP contribution < -0.4 is 16.2 Å². The van der Waals surface area contributed by atoms with Crippen molar-refractivity contribution >= 4 is 22.6 Å². The number of hydrogen-bond acceptors (Lipinski definition) is 2. The second-order valence-corrected chi connectivity index (χ2v) is 8.23. The maximum Gasteiger partial charge on any atom is 0.320 e. The van der Waals surface area contributed by atoms with Crippen LogP contribution >= 0.6 is 0 Å². The molecular weight excluding hydrogens is 398 g/mol. The first-order valence-electron chi connectivity index (χ1n) is 10.6. The lowest BCUT2D eigenvalue weighted by atomic mass is 9.96. The molecule has 2 amide bonds. The third kappa shape index (κ3) is 4.14. The Morgan fingerprint density at radius 3 is 2.16 bits per heavy atom. The number of urea groups is 1. The van der Waals surface area contributed by atoms with E-state index >= 15 is 0 Å². The molecule has 0 aliphatic heterocycles. The summed E-state index contributed by atoms with van der Waals surface area (Å²) in [6.07, 6.45) is 0. The largest absolute Gasteiger partial charge is 0.334 e. The van der Waals surface area contributed by atoms with Crippen LogP contribution in [0, 0.1) is 20.8 Å². The fourth-order valence-corrected chi connectivity index (χ4v) is 3.86. The maximum absolute atomic E-state index is 13.2. The van der Waals surface area contributed by atoms with E-state index in [-0.39, 0.29) is 11.6 Å². The number of amides is 2. The van der Waals surface area contributed by atoms with Crippen LogP contribution in [0.25, 0.3) is 21.9 Å². The van der Waals surface area contributed by atoms with E-state index in [1.807, 2.05) is 87.5 Å². The SMILES string of the molecule is Cc1ccc(CNC(=O)Nc2c(-c3ccccc3)c3cc(C)c(C)cc3c(=O)n2C)cc1. The van der Waals surface area contributed by atoms with Crippen molar-refractivity contribution in [3.63, 3.8) is 0 Å². The van der Waals surface area contributed by atoms with Crippen LogP contribution in [0.2, 0.25) is 0 Å². The number of hydrogen-bond donors (Lipinski definition) is 2. The van der Waals surface area contributed by atoms with Gasteiger partial charge in [0.15, 0.2) is 0 Å². The molecule has 5 heteroatoms. The number of nitrogens with zero attached hydrogens (tertiary/aromatic N) is 1. The van der Waals surface area contributed by atoms with Crippen molar-refractivity contribution in [2.45, 2.75) is 27.3 Å². The van der Waals surface area contributed by atoms with Crippen molar-refractivity contribution in [1.82, 2.24) is 9.88 Å². The monoisotopic (exact) mass is 425 g/mol. The summed E-state index contributed by atoms with van der Waals surface area (Å²) in [5, 5.41) is 7.30. The highest BCUT2D eigenvalue weighted by Crippen LogP contribution is 2.34. The summed E-state index contributed by atoms with van der Waals surface area (Å²) in [6.45, 7) is 6.45. The number of rotatable bonds is 4. The molecule has 0 spiro atoms. The predicted octanol–water partition coefficient (Wildman–Crippen LogP) is 5.45. The maximum atomic E-state index is 13.2. The van der Waals surface area contributed by atoms with Gasteiger partial charge in [0.2, 0.25) is 0 Å². The van der Waals surface area contributed by atoms with E-state index in [2.05, 4.69) is 10.6 Å². The molecule has 162 valence electrons. The summed E-state index contributed by atoms with van der Waals surface area (Å²) in [4.78, 5) is 26.0. The number of anilines is 1. The molecule has 0 saturated heterocycles. The number of aromatic nitrogens is 1. The van der Waals surface area contributed by atoms with Gasteiger partial charge >= 0.3 is 6.03 Å². The van der Waals surface area contributed by atoms with Gasteiger partial charge in [0, 0.05) is 24.5 Å². The molecule has 4 rings (SSSR count). The lowest BCUT2D eigenvalue weighted by Gasteiger charge is -2.19. The second-order valence-electron chi connectivity index (χ2n) is 8.23. The quantitative estimate of drug-likeness (QED) is 0.456. The Morgan fingerprint density at radius 1 is 0.875 bits per heavy atom. The number of pyridine rings is 1. The molecule has 0 saturated carbocycles. The highest BCUT2D eigenvalue weighted by Gasteiger charge is 2.19. The first-order chi connectivity index (χ1) is 15.3. The molecule has 1 heterocycles. The third-order valence-electron chi connectivity index (χ3n) is 5.88. The van der Waals surface area contributed by atoms with Gasteiger partial charge in [-0.3, -0.25) is 14.7 Å². The van der Waals surface area contributed by atoms with Crippen LogP contribution in [0.3, 0.4) is 0 Å². The zero-order chi connectivity index (χ0) is 22.8. The molecule has 0 atom stereocenters. The molecule has 0 radical (unpaired) electrons. The topological polar surface area (TPSA) is 63.1 Å². The molecule has 0 unspecified atom stereocenters. The molecule has 0 aliphatic rings. The molecule has 0 aliphatic carbocycles.